The number of nitrogens with one attached hydrogen (secondary N) is 2. The summed E-state index contributed by atoms with van der Waals surface area (Å²) >= 11 is 1.49. The van der Waals surface area contributed by atoms with Crippen LogP contribution in [-0.4, -0.2) is 42.3 Å². The van der Waals surface area contributed by atoms with Gasteiger partial charge in [-0.2, -0.15) is 0 Å². The summed E-state index contributed by atoms with van der Waals surface area (Å²) in [5, 5.41) is 7.06. The number of sulfone groups is 1. The van der Waals surface area contributed by atoms with Crippen molar-refractivity contribution in [2.75, 3.05) is 16.8 Å². The van der Waals surface area contributed by atoms with E-state index in [9.17, 15) is 13.2 Å². The van der Waals surface area contributed by atoms with Crippen LogP contribution in [0.15, 0.2) is 59.6 Å². The van der Waals surface area contributed by atoms with E-state index in [1.54, 1.807) is 0 Å². The SMILES string of the molecule is C[C@H](NC(=O)Cc1ccc(NC2=N[C@H]3CS(=O)(=O)C[C@@H]3S2)cc1)c1ccccc1. The lowest BCUT2D eigenvalue weighted by Crippen LogP contribution is -2.28. The van der Waals surface area contributed by atoms with Gasteiger partial charge in [-0.3, -0.25) is 9.79 Å². The molecule has 2 aromatic carbocycles. The van der Waals surface area contributed by atoms with Gasteiger partial charge in [0.1, 0.15) is 0 Å². The van der Waals surface area contributed by atoms with E-state index < -0.39 is 9.84 Å². The highest BCUT2D eigenvalue weighted by molar-refractivity contribution is 8.15. The fraction of sp³-hybridized carbons (Fsp3) is 0.333. The molecule has 4 rings (SSSR count). The molecule has 2 aliphatic rings. The quantitative estimate of drug-likeness (QED) is 0.763. The van der Waals surface area contributed by atoms with Gasteiger partial charge in [-0.25, -0.2) is 8.42 Å². The Labute approximate surface area is 175 Å². The fourth-order valence-electron chi connectivity index (χ4n) is 3.55. The van der Waals surface area contributed by atoms with E-state index >= 15 is 0 Å². The van der Waals surface area contributed by atoms with Gasteiger partial charge >= 0.3 is 0 Å². The summed E-state index contributed by atoms with van der Waals surface area (Å²) in [6.07, 6.45) is 0.315. The Bertz CT molecular complexity index is 1020. The number of thioether (sulfide) groups is 1. The first-order chi connectivity index (χ1) is 13.9. The second-order valence-electron chi connectivity index (χ2n) is 7.43. The summed E-state index contributed by atoms with van der Waals surface area (Å²) in [5.41, 5.74) is 2.88. The lowest BCUT2D eigenvalue weighted by molar-refractivity contribution is -0.121. The molecule has 6 nitrogen and oxygen atoms in total. The highest BCUT2D eigenvalue weighted by atomic mass is 32.2. The summed E-state index contributed by atoms with van der Waals surface area (Å²) in [4.78, 5) is 16.8. The average molecular weight is 430 g/mol. The largest absolute Gasteiger partial charge is 0.349 e. The molecule has 3 atom stereocenters. The van der Waals surface area contributed by atoms with Crippen LogP contribution < -0.4 is 10.6 Å². The lowest BCUT2D eigenvalue weighted by Gasteiger charge is -2.14. The first-order valence-electron chi connectivity index (χ1n) is 9.53. The number of carbonyl (C=O) groups is 1. The number of nitrogens with zero attached hydrogens (tertiary/aromatic N) is 1. The Morgan fingerprint density at radius 3 is 2.55 bits per heavy atom. The number of amidine groups is 1. The zero-order valence-electron chi connectivity index (χ0n) is 16.0. The highest BCUT2D eigenvalue weighted by Gasteiger charge is 2.42. The van der Waals surface area contributed by atoms with E-state index in [0.29, 0.717) is 6.42 Å². The molecule has 0 aromatic heterocycles. The van der Waals surface area contributed by atoms with Gasteiger partial charge in [-0.1, -0.05) is 54.2 Å². The molecule has 2 aliphatic heterocycles. The summed E-state index contributed by atoms with van der Waals surface area (Å²) in [7, 11) is -2.94. The van der Waals surface area contributed by atoms with Crippen LogP contribution >= 0.6 is 11.8 Å². The van der Waals surface area contributed by atoms with Gasteiger partial charge in [-0.15, -0.1) is 0 Å². The van der Waals surface area contributed by atoms with E-state index in [1.807, 2.05) is 61.5 Å². The topological polar surface area (TPSA) is 87.6 Å². The molecule has 0 unspecified atom stereocenters. The molecule has 2 aromatic rings. The van der Waals surface area contributed by atoms with Gasteiger partial charge in [0, 0.05) is 10.9 Å². The Kier molecular flexibility index (Phi) is 5.65. The predicted octanol–water partition coefficient (Wildman–Crippen LogP) is 2.79. The van der Waals surface area contributed by atoms with Crippen molar-refractivity contribution in [1.29, 1.82) is 0 Å². The van der Waals surface area contributed by atoms with Gasteiger partial charge in [0.25, 0.3) is 0 Å². The number of hydrogen-bond acceptors (Lipinski definition) is 6. The van der Waals surface area contributed by atoms with Crippen molar-refractivity contribution in [1.82, 2.24) is 5.32 Å². The molecule has 2 heterocycles. The molecule has 1 amide bonds. The first kappa shape index (κ1) is 20.0. The summed E-state index contributed by atoms with van der Waals surface area (Å²) < 4.78 is 23.3. The smallest absolute Gasteiger partial charge is 0.224 e. The maximum atomic E-state index is 12.3. The van der Waals surface area contributed by atoms with Crippen molar-refractivity contribution in [2.24, 2.45) is 4.99 Å². The Balaban J connectivity index is 1.30. The van der Waals surface area contributed by atoms with E-state index in [4.69, 9.17) is 0 Å². The zero-order chi connectivity index (χ0) is 20.4. The van der Waals surface area contributed by atoms with Crippen LogP contribution in [-0.2, 0) is 21.1 Å². The number of fused-ring (bicyclic) bond motifs is 1. The first-order valence-corrected chi connectivity index (χ1v) is 12.2. The van der Waals surface area contributed by atoms with E-state index in [-0.39, 0.29) is 34.7 Å². The third kappa shape index (κ3) is 5.00. The van der Waals surface area contributed by atoms with Gasteiger partial charge in [0.05, 0.1) is 30.0 Å². The van der Waals surface area contributed by atoms with E-state index in [2.05, 4.69) is 15.6 Å². The molecule has 8 heteroatoms. The molecule has 1 fully saturated rings. The van der Waals surface area contributed by atoms with Crippen molar-refractivity contribution in [3.63, 3.8) is 0 Å². The van der Waals surface area contributed by atoms with Crippen molar-refractivity contribution in [3.8, 4) is 0 Å². The summed E-state index contributed by atoms with van der Waals surface area (Å²) in [6.45, 7) is 1.97. The van der Waals surface area contributed by atoms with Gasteiger partial charge in [0.2, 0.25) is 5.91 Å². The molecule has 1 saturated heterocycles. The molecular weight excluding hydrogens is 406 g/mol. The van der Waals surface area contributed by atoms with Crippen LogP contribution in [0.2, 0.25) is 0 Å². The van der Waals surface area contributed by atoms with Crippen molar-refractivity contribution >= 4 is 38.4 Å². The second-order valence-corrected chi connectivity index (χ2v) is 10.8. The molecular formula is C21H23N3O3S2. The van der Waals surface area contributed by atoms with E-state index in [0.717, 1.165) is 22.0 Å². The summed E-state index contributed by atoms with van der Waals surface area (Å²) in [5.74, 6) is 0.324. The molecule has 152 valence electrons. The molecule has 0 radical (unpaired) electrons. The number of rotatable bonds is 5. The Hall–Kier alpha value is -2.32. The Morgan fingerprint density at radius 1 is 1.14 bits per heavy atom. The number of anilines is 1. The third-order valence-corrected chi connectivity index (χ3v) is 8.21. The average Bonchev–Trinajstić information content (AvgIpc) is 3.16. The monoisotopic (exact) mass is 429 g/mol. The number of aliphatic imine (C=N–C) groups is 1. The zero-order valence-corrected chi connectivity index (χ0v) is 17.7. The van der Waals surface area contributed by atoms with Gasteiger partial charge < -0.3 is 10.6 Å². The number of amides is 1. The molecule has 29 heavy (non-hydrogen) atoms. The maximum Gasteiger partial charge on any atom is 0.224 e. The summed E-state index contributed by atoms with van der Waals surface area (Å²) in [6, 6.07) is 17.4. The Morgan fingerprint density at radius 2 is 1.86 bits per heavy atom. The van der Waals surface area contributed by atoms with Crippen molar-refractivity contribution in [2.45, 2.75) is 30.7 Å². The third-order valence-electron chi connectivity index (χ3n) is 5.07. The van der Waals surface area contributed by atoms with Crippen LogP contribution in [0.3, 0.4) is 0 Å². The maximum absolute atomic E-state index is 12.3. The normalized spacial score (nSPS) is 23.1. The second kappa shape index (κ2) is 8.20. The molecule has 0 saturated carbocycles. The molecule has 2 N–H and O–H groups in total. The minimum Gasteiger partial charge on any atom is -0.349 e. The number of hydrogen-bond donors (Lipinski definition) is 2. The minimum atomic E-state index is -2.94. The molecule has 0 aliphatic carbocycles. The van der Waals surface area contributed by atoms with Crippen molar-refractivity contribution < 1.29 is 13.2 Å². The lowest BCUT2D eigenvalue weighted by atomic mass is 10.1. The predicted molar refractivity (Wildman–Crippen MR) is 118 cm³/mol. The number of carbonyl (C=O) groups excluding carboxylic acids is 1. The van der Waals surface area contributed by atoms with Crippen LogP contribution in [0.1, 0.15) is 24.1 Å². The van der Waals surface area contributed by atoms with Gasteiger partial charge in [-0.05, 0) is 30.2 Å². The van der Waals surface area contributed by atoms with Gasteiger partial charge in [0.15, 0.2) is 15.0 Å². The fourth-order valence-corrected chi connectivity index (χ4v) is 7.22. The molecule has 0 bridgehead atoms. The molecule has 0 spiro atoms. The van der Waals surface area contributed by atoms with Crippen LogP contribution in [0.4, 0.5) is 5.69 Å². The minimum absolute atomic E-state index is 0.0215. The van der Waals surface area contributed by atoms with Crippen LogP contribution in [0, 0.1) is 0 Å². The van der Waals surface area contributed by atoms with Crippen LogP contribution in [0.25, 0.3) is 0 Å². The van der Waals surface area contributed by atoms with Crippen molar-refractivity contribution in [3.05, 3.63) is 65.7 Å². The number of benzene rings is 2. The van der Waals surface area contributed by atoms with E-state index in [1.165, 1.54) is 11.8 Å². The highest BCUT2D eigenvalue weighted by Crippen LogP contribution is 2.34. The standard InChI is InChI=1S/C21H23N3O3S2/c1-14(16-5-3-2-4-6-16)22-20(25)11-15-7-9-17(10-8-15)23-21-24-18-12-29(26,27)13-19(18)28-21/h2-10,14,18-19H,11-13H2,1H3,(H,22,25)(H,23,24)/t14-,18-,19-/m0/s1. The van der Waals surface area contributed by atoms with Crippen LogP contribution in [0.5, 0.6) is 0 Å².